The molecule has 92 valence electrons. The van der Waals surface area contributed by atoms with Crippen molar-refractivity contribution in [1.82, 2.24) is 19.9 Å². The van der Waals surface area contributed by atoms with Crippen LogP contribution in [0.15, 0.2) is 40.4 Å². The highest BCUT2D eigenvalue weighted by atomic mass is 79.9. The predicted octanol–water partition coefficient (Wildman–Crippen LogP) is 4.00. The van der Waals surface area contributed by atoms with E-state index in [4.69, 9.17) is 0 Å². The van der Waals surface area contributed by atoms with Gasteiger partial charge in [-0.25, -0.2) is 9.97 Å². The molecule has 0 bridgehead atoms. The van der Waals surface area contributed by atoms with E-state index in [0.29, 0.717) is 0 Å². The molecule has 6 heteroatoms. The first-order valence-corrected chi connectivity index (χ1v) is 7.32. The zero-order chi connectivity index (χ0) is 12.8. The second-order valence-corrected chi connectivity index (χ2v) is 5.91. The van der Waals surface area contributed by atoms with Gasteiger partial charge in [0.1, 0.15) is 16.7 Å². The highest BCUT2D eigenvalue weighted by Crippen LogP contribution is 2.27. The van der Waals surface area contributed by atoms with Gasteiger partial charge in [0.15, 0.2) is 5.82 Å². The van der Waals surface area contributed by atoms with Crippen LogP contribution in [0, 0.1) is 0 Å². The standard InChI is InChI=1S/C13H7BrN4S/c14-7-1-2-9(15-5-7)13-17-8-3-4-10-12(11(8)18-13)16-6-19-10/h1-6H,(H,17,18). The lowest BCUT2D eigenvalue weighted by atomic mass is 10.3. The van der Waals surface area contributed by atoms with Crippen molar-refractivity contribution in [2.24, 2.45) is 0 Å². The lowest BCUT2D eigenvalue weighted by Gasteiger charge is -1.94. The van der Waals surface area contributed by atoms with E-state index >= 15 is 0 Å². The minimum absolute atomic E-state index is 0.767. The van der Waals surface area contributed by atoms with E-state index in [-0.39, 0.29) is 0 Å². The van der Waals surface area contributed by atoms with Crippen LogP contribution in [0.3, 0.4) is 0 Å². The van der Waals surface area contributed by atoms with Crippen LogP contribution < -0.4 is 0 Å². The molecule has 0 aliphatic carbocycles. The molecule has 1 aromatic carbocycles. The Morgan fingerprint density at radius 3 is 2.84 bits per heavy atom. The summed E-state index contributed by atoms with van der Waals surface area (Å²) in [5.74, 6) is 0.767. The average molecular weight is 331 g/mol. The van der Waals surface area contributed by atoms with Crippen LogP contribution in [0.4, 0.5) is 0 Å². The van der Waals surface area contributed by atoms with E-state index in [0.717, 1.165) is 37.2 Å². The number of aromatic amines is 1. The number of thiazole rings is 1. The third-order valence-electron chi connectivity index (χ3n) is 2.92. The highest BCUT2D eigenvalue weighted by molar-refractivity contribution is 9.10. The van der Waals surface area contributed by atoms with Gasteiger partial charge < -0.3 is 4.98 Å². The molecular formula is C13H7BrN4S. The van der Waals surface area contributed by atoms with Crippen LogP contribution in [0.2, 0.25) is 0 Å². The monoisotopic (exact) mass is 330 g/mol. The maximum atomic E-state index is 4.62. The predicted molar refractivity (Wildman–Crippen MR) is 80.2 cm³/mol. The number of H-pyrrole nitrogens is 1. The van der Waals surface area contributed by atoms with Gasteiger partial charge in [0.05, 0.1) is 15.7 Å². The molecule has 4 rings (SSSR count). The Bertz CT molecular complexity index is 879. The number of nitrogens with zero attached hydrogens (tertiary/aromatic N) is 3. The number of aromatic nitrogens is 4. The fourth-order valence-electron chi connectivity index (χ4n) is 2.04. The Balaban J connectivity index is 1.98. The fraction of sp³-hybridized carbons (Fsp3) is 0. The third-order valence-corrected chi connectivity index (χ3v) is 4.19. The molecule has 0 radical (unpaired) electrons. The molecular weight excluding hydrogens is 324 g/mol. The van der Waals surface area contributed by atoms with Crippen LogP contribution in [-0.2, 0) is 0 Å². The number of hydrogen-bond acceptors (Lipinski definition) is 4. The topological polar surface area (TPSA) is 54.5 Å². The largest absolute Gasteiger partial charge is 0.337 e. The first kappa shape index (κ1) is 11.1. The quantitative estimate of drug-likeness (QED) is 0.574. The number of fused-ring (bicyclic) bond motifs is 3. The van der Waals surface area contributed by atoms with Gasteiger partial charge in [0, 0.05) is 10.7 Å². The molecule has 0 spiro atoms. The van der Waals surface area contributed by atoms with Gasteiger partial charge in [-0.1, -0.05) is 0 Å². The first-order chi connectivity index (χ1) is 9.31. The van der Waals surface area contributed by atoms with Crippen molar-refractivity contribution in [1.29, 1.82) is 0 Å². The summed E-state index contributed by atoms with van der Waals surface area (Å²) in [6.07, 6.45) is 1.76. The molecule has 0 aliphatic heterocycles. The van der Waals surface area contributed by atoms with Gasteiger partial charge in [-0.05, 0) is 40.2 Å². The second kappa shape index (κ2) is 4.11. The molecule has 0 aliphatic rings. The number of hydrogen-bond donors (Lipinski definition) is 1. The summed E-state index contributed by atoms with van der Waals surface area (Å²) >= 11 is 5.00. The lowest BCUT2D eigenvalue weighted by Crippen LogP contribution is -1.84. The molecule has 3 aromatic heterocycles. The Kier molecular flexibility index (Phi) is 2.39. The fourth-order valence-corrected chi connectivity index (χ4v) is 2.95. The molecule has 3 heterocycles. The van der Waals surface area contributed by atoms with Gasteiger partial charge in [-0.15, -0.1) is 11.3 Å². The summed E-state index contributed by atoms with van der Waals surface area (Å²) in [6.45, 7) is 0. The smallest absolute Gasteiger partial charge is 0.157 e. The summed E-state index contributed by atoms with van der Waals surface area (Å²) in [7, 11) is 0. The molecule has 0 atom stereocenters. The van der Waals surface area contributed by atoms with E-state index in [9.17, 15) is 0 Å². The molecule has 0 unspecified atom stereocenters. The Morgan fingerprint density at radius 1 is 1.05 bits per heavy atom. The van der Waals surface area contributed by atoms with E-state index < -0.39 is 0 Å². The number of nitrogens with one attached hydrogen (secondary N) is 1. The molecule has 0 saturated heterocycles. The normalized spacial score (nSPS) is 11.4. The number of imidazole rings is 1. The van der Waals surface area contributed by atoms with Gasteiger partial charge in [0.25, 0.3) is 0 Å². The Morgan fingerprint density at radius 2 is 2.00 bits per heavy atom. The molecule has 0 saturated carbocycles. The number of benzene rings is 1. The SMILES string of the molecule is Brc1ccc(-c2nc3c(ccc4scnc43)[nH]2)nc1. The van der Waals surface area contributed by atoms with Crippen molar-refractivity contribution in [3.05, 3.63) is 40.4 Å². The summed E-state index contributed by atoms with van der Waals surface area (Å²) in [4.78, 5) is 16.6. The van der Waals surface area contributed by atoms with Crippen LogP contribution in [-0.4, -0.2) is 19.9 Å². The molecule has 0 fully saturated rings. The maximum absolute atomic E-state index is 4.62. The molecule has 4 nitrogen and oxygen atoms in total. The molecule has 19 heavy (non-hydrogen) atoms. The molecule has 4 aromatic rings. The minimum Gasteiger partial charge on any atom is -0.337 e. The van der Waals surface area contributed by atoms with Crippen LogP contribution in [0.25, 0.3) is 32.8 Å². The van der Waals surface area contributed by atoms with Crippen molar-refractivity contribution >= 4 is 48.5 Å². The highest BCUT2D eigenvalue weighted by Gasteiger charge is 2.10. The third kappa shape index (κ3) is 1.75. The zero-order valence-corrected chi connectivity index (χ0v) is 12.0. The Labute approximate surface area is 120 Å². The van der Waals surface area contributed by atoms with Crippen LogP contribution in [0.5, 0.6) is 0 Å². The number of rotatable bonds is 1. The minimum atomic E-state index is 0.767. The van der Waals surface area contributed by atoms with E-state index in [2.05, 4.69) is 41.9 Å². The van der Waals surface area contributed by atoms with E-state index in [1.807, 2.05) is 23.7 Å². The van der Waals surface area contributed by atoms with Gasteiger partial charge in [0.2, 0.25) is 0 Å². The summed E-state index contributed by atoms with van der Waals surface area (Å²) in [5.41, 5.74) is 5.50. The first-order valence-electron chi connectivity index (χ1n) is 5.65. The second-order valence-electron chi connectivity index (χ2n) is 4.11. The summed E-state index contributed by atoms with van der Waals surface area (Å²) in [5, 5.41) is 0. The van der Waals surface area contributed by atoms with Gasteiger partial charge >= 0.3 is 0 Å². The average Bonchev–Trinajstić information content (AvgIpc) is 3.04. The number of halogens is 1. The van der Waals surface area contributed by atoms with Crippen molar-refractivity contribution in [2.45, 2.75) is 0 Å². The van der Waals surface area contributed by atoms with E-state index in [1.54, 1.807) is 17.5 Å². The summed E-state index contributed by atoms with van der Waals surface area (Å²) in [6, 6.07) is 7.98. The summed E-state index contributed by atoms with van der Waals surface area (Å²) < 4.78 is 2.10. The van der Waals surface area contributed by atoms with Crippen LogP contribution in [0.1, 0.15) is 0 Å². The van der Waals surface area contributed by atoms with Crippen molar-refractivity contribution < 1.29 is 0 Å². The molecule has 1 N–H and O–H groups in total. The maximum Gasteiger partial charge on any atom is 0.157 e. The van der Waals surface area contributed by atoms with Gasteiger partial charge in [-0.3, -0.25) is 4.98 Å². The van der Waals surface area contributed by atoms with Crippen molar-refractivity contribution in [2.75, 3.05) is 0 Å². The van der Waals surface area contributed by atoms with Crippen molar-refractivity contribution in [3.63, 3.8) is 0 Å². The Hall–Kier alpha value is -1.79. The molecule has 0 amide bonds. The number of pyridine rings is 1. The zero-order valence-electron chi connectivity index (χ0n) is 9.59. The lowest BCUT2D eigenvalue weighted by molar-refractivity contribution is 1.23. The van der Waals surface area contributed by atoms with Gasteiger partial charge in [-0.2, -0.15) is 0 Å². The van der Waals surface area contributed by atoms with E-state index in [1.165, 1.54) is 0 Å². The van der Waals surface area contributed by atoms with Crippen LogP contribution >= 0.6 is 27.3 Å². The van der Waals surface area contributed by atoms with Crippen molar-refractivity contribution in [3.8, 4) is 11.5 Å².